The highest BCUT2D eigenvalue weighted by molar-refractivity contribution is 6.29. The topological polar surface area (TPSA) is 76.3 Å². The van der Waals surface area contributed by atoms with Crippen molar-refractivity contribution in [1.29, 1.82) is 0 Å². The lowest BCUT2D eigenvalue weighted by molar-refractivity contribution is -0.384. The quantitative estimate of drug-likeness (QED) is 0.494. The summed E-state index contributed by atoms with van der Waals surface area (Å²) in [7, 11) is 1.60. The van der Waals surface area contributed by atoms with E-state index in [9.17, 15) is 14.9 Å². The van der Waals surface area contributed by atoms with E-state index in [-0.39, 0.29) is 29.0 Å². The lowest BCUT2D eigenvalue weighted by Gasteiger charge is -2.16. The molecule has 1 amide bonds. The summed E-state index contributed by atoms with van der Waals surface area (Å²) in [5.41, 5.74) is 0.895. The molecule has 0 radical (unpaired) electrons. The zero-order valence-electron chi connectivity index (χ0n) is 11.2. The number of nitro benzene ring substituents is 1. The number of benzene rings is 1. The number of halogens is 1. The fourth-order valence-electron chi connectivity index (χ4n) is 1.84. The first-order chi connectivity index (χ1) is 9.97. The van der Waals surface area contributed by atoms with E-state index in [0.29, 0.717) is 5.56 Å². The molecule has 0 unspecified atom stereocenters. The Labute approximate surface area is 126 Å². The van der Waals surface area contributed by atoms with Gasteiger partial charge in [0.25, 0.3) is 11.6 Å². The fraction of sp³-hybridized carbons (Fsp3) is 0.143. The highest BCUT2D eigenvalue weighted by Crippen LogP contribution is 2.15. The molecule has 0 fully saturated rings. The number of amides is 1. The van der Waals surface area contributed by atoms with Gasteiger partial charge in [-0.2, -0.15) is 0 Å². The lowest BCUT2D eigenvalue weighted by atomic mass is 10.2. The molecule has 2 rings (SSSR count). The Morgan fingerprint density at radius 3 is 2.71 bits per heavy atom. The number of carbonyl (C=O) groups is 1. The van der Waals surface area contributed by atoms with E-state index in [2.05, 4.69) is 4.98 Å². The van der Waals surface area contributed by atoms with Gasteiger partial charge in [0.05, 0.1) is 4.92 Å². The number of nitrogens with zero attached hydrogens (tertiary/aromatic N) is 3. The van der Waals surface area contributed by atoms with Crippen molar-refractivity contribution in [3.05, 3.63) is 69.0 Å². The predicted molar refractivity (Wildman–Crippen MR) is 78.1 cm³/mol. The average molecular weight is 306 g/mol. The second kappa shape index (κ2) is 6.32. The molecule has 2 aromatic rings. The maximum atomic E-state index is 12.2. The van der Waals surface area contributed by atoms with E-state index < -0.39 is 4.92 Å². The first-order valence-electron chi connectivity index (χ1n) is 6.09. The van der Waals surface area contributed by atoms with Crippen LogP contribution in [0.15, 0.2) is 42.5 Å². The molecule has 0 aliphatic heterocycles. The Balaban J connectivity index is 2.14. The number of carbonyl (C=O) groups excluding carboxylic acids is 1. The number of aromatic nitrogens is 1. The van der Waals surface area contributed by atoms with Gasteiger partial charge in [0.2, 0.25) is 0 Å². The van der Waals surface area contributed by atoms with Crippen LogP contribution in [0.1, 0.15) is 16.1 Å². The van der Waals surface area contributed by atoms with E-state index in [1.165, 1.54) is 17.0 Å². The highest BCUT2D eigenvalue weighted by atomic mass is 35.5. The van der Waals surface area contributed by atoms with E-state index in [4.69, 9.17) is 11.6 Å². The Morgan fingerprint density at radius 2 is 2.05 bits per heavy atom. The molecule has 6 nitrogen and oxygen atoms in total. The first-order valence-corrected chi connectivity index (χ1v) is 6.46. The van der Waals surface area contributed by atoms with Gasteiger partial charge in [-0.15, -0.1) is 0 Å². The molecule has 7 heteroatoms. The molecule has 0 saturated carbocycles. The average Bonchev–Trinajstić information content (AvgIpc) is 2.46. The van der Waals surface area contributed by atoms with Crippen molar-refractivity contribution in [2.45, 2.75) is 6.54 Å². The summed E-state index contributed by atoms with van der Waals surface area (Å²) < 4.78 is 0. The van der Waals surface area contributed by atoms with Crippen LogP contribution in [-0.4, -0.2) is 27.8 Å². The first kappa shape index (κ1) is 14.9. The molecule has 0 aliphatic carbocycles. The van der Waals surface area contributed by atoms with Crippen LogP contribution >= 0.6 is 11.6 Å². The fourth-order valence-corrected chi connectivity index (χ4v) is 2.00. The number of nitro groups is 1. The molecule has 21 heavy (non-hydrogen) atoms. The van der Waals surface area contributed by atoms with Crippen LogP contribution in [0, 0.1) is 10.1 Å². The summed E-state index contributed by atoms with van der Waals surface area (Å²) in [4.78, 5) is 27.8. The monoisotopic (exact) mass is 305 g/mol. The SMILES string of the molecule is CN(Cc1cccc([N+](=O)[O-])c1)C(=O)c1cccc(Cl)n1. The molecular weight excluding hydrogens is 294 g/mol. The summed E-state index contributed by atoms with van der Waals surface area (Å²) in [6.45, 7) is 0.245. The largest absolute Gasteiger partial charge is 0.336 e. The second-order valence-electron chi connectivity index (χ2n) is 4.43. The second-order valence-corrected chi connectivity index (χ2v) is 4.82. The molecular formula is C14H12ClN3O3. The smallest absolute Gasteiger partial charge is 0.272 e. The number of hydrogen-bond donors (Lipinski definition) is 0. The minimum Gasteiger partial charge on any atom is -0.336 e. The van der Waals surface area contributed by atoms with E-state index in [1.807, 2.05) is 0 Å². The summed E-state index contributed by atoms with van der Waals surface area (Å²) in [6.07, 6.45) is 0. The van der Waals surface area contributed by atoms with E-state index >= 15 is 0 Å². The Hall–Kier alpha value is -2.47. The molecule has 1 aromatic heterocycles. The number of rotatable bonds is 4. The van der Waals surface area contributed by atoms with Crippen LogP contribution in [0.4, 0.5) is 5.69 Å². The van der Waals surface area contributed by atoms with Gasteiger partial charge in [0.1, 0.15) is 10.8 Å². The van der Waals surface area contributed by atoms with Crippen molar-refractivity contribution < 1.29 is 9.72 Å². The van der Waals surface area contributed by atoms with Crippen LogP contribution in [0.3, 0.4) is 0 Å². The molecule has 0 saturated heterocycles. The third-order valence-electron chi connectivity index (χ3n) is 2.82. The van der Waals surface area contributed by atoms with Gasteiger partial charge in [-0.25, -0.2) is 4.98 Å². The molecule has 0 N–H and O–H groups in total. The van der Waals surface area contributed by atoms with Crippen LogP contribution < -0.4 is 0 Å². The molecule has 1 heterocycles. The van der Waals surface area contributed by atoms with Gasteiger partial charge in [0.15, 0.2) is 0 Å². The maximum absolute atomic E-state index is 12.2. The Kier molecular flexibility index (Phi) is 4.49. The molecule has 0 bridgehead atoms. The lowest BCUT2D eigenvalue weighted by Crippen LogP contribution is -2.27. The predicted octanol–water partition coefficient (Wildman–Crippen LogP) is 2.92. The van der Waals surface area contributed by atoms with Gasteiger partial charge in [-0.3, -0.25) is 14.9 Å². The van der Waals surface area contributed by atoms with Gasteiger partial charge in [-0.1, -0.05) is 29.8 Å². The molecule has 108 valence electrons. The Morgan fingerprint density at radius 1 is 1.33 bits per heavy atom. The summed E-state index contributed by atoms with van der Waals surface area (Å²) in [6, 6.07) is 10.9. The van der Waals surface area contributed by atoms with Crippen molar-refractivity contribution in [3.8, 4) is 0 Å². The van der Waals surface area contributed by atoms with Gasteiger partial charge in [0, 0.05) is 25.7 Å². The van der Waals surface area contributed by atoms with Crippen LogP contribution in [0.5, 0.6) is 0 Å². The summed E-state index contributed by atoms with van der Waals surface area (Å²) >= 11 is 5.75. The van der Waals surface area contributed by atoms with Crippen molar-refractivity contribution >= 4 is 23.2 Å². The highest BCUT2D eigenvalue weighted by Gasteiger charge is 2.15. The minimum absolute atomic E-state index is 0.00534. The van der Waals surface area contributed by atoms with Gasteiger partial charge in [-0.05, 0) is 17.7 Å². The molecule has 0 atom stereocenters. The van der Waals surface area contributed by atoms with Crippen molar-refractivity contribution in [2.75, 3.05) is 7.05 Å². The van der Waals surface area contributed by atoms with Crippen molar-refractivity contribution in [1.82, 2.24) is 9.88 Å². The minimum atomic E-state index is -0.468. The van der Waals surface area contributed by atoms with Gasteiger partial charge < -0.3 is 4.90 Å². The molecule has 1 aromatic carbocycles. The van der Waals surface area contributed by atoms with Crippen molar-refractivity contribution in [2.24, 2.45) is 0 Å². The number of non-ortho nitro benzene ring substituents is 1. The third-order valence-corrected chi connectivity index (χ3v) is 3.03. The van der Waals surface area contributed by atoms with Crippen molar-refractivity contribution in [3.63, 3.8) is 0 Å². The summed E-state index contributed by atoms with van der Waals surface area (Å²) in [5, 5.41) is 11.0. The third kappa shape index (κ3) is 3.76. The van der Waals surface area contributed by atoms with Crippen LogP contribution in [0.2, 0.25) is 5.15 Å². The van der Waals surface area contributed by atoms with Crippen LogP contribution in [-0.2, 0) is 6.54 Å². The number of hydrogen-bond acceptors (Lipinski definition) is 4. The molecule has 0 aliphatic rings. The Bertz CT molecular complexity index is 691. The zero-order chi connectivity index (χ0) is 15.4. The number of pyridine rings is 1. The zero-order valence-corrected chi connectivity index (χ0v) is 11.9. The molecule has 0 spiro atoms. The van der Waals surface area contributed by atoms with Gasteiger partial charge >= 0.3 is 0 Å². The van der Waals surface area contributed by atoms with E-state index in [0.717, 1.165) is 0 Å². The summed E-state index contributed by atoms with van der Waals surface area (Å²) in [5.74, 6) is -0.302. The van der Waals surface area contributed by atoms with Crippen LogP contribution in [0.25, 0.3) is 0 Å². The normalized spacial score (nSPS) is 10.2. The standard InChI is InChI=1S/C14H12ClN3O3/c1-17(14(19)12-6-3-7-13(15)16-12)9-10-4-2-5-11(8-10)18(20)21/h2-8H,9H2,1H3. The van der Waals surface area contributed by atoms with E-state index in [1.54, 1.807) is 37.4 Å². The maximum Gasteiger partial charge on any atom is 0.272 e.